The zero-order valence-corrected chi connectivity index (χ0v) is 11.1. The maximum absolute atomic E-state index is 11.8. The summed E-state index contributed by atoms with van der Waals surface area (Å²) in [5.74, 6) is 2.89. The predicted octanol–water partition coefficient (Wildman–Crippen LogP) is 2.61. The Bertz CT molecular complexity index is 394. The smallest absolute Gasteiger partial charge is 0.269 e. The molecule has 0 aromatic carbocycles. The van der Waals surface area contributed by atoms with Crippen LogP contribution in [0.4, 0.5) is 0 Å². The Morgan fingerprint density at radius 2 is 2.29 bits per heavy atom. The normalized spacial score (nSPS) is 16.8. The summed E-state index contributed by atoms with van der Waals surface area (Å²) in [5, 5.41) is 3.47. The highest BCUT2D eigenvalue weighted by Gasteiger charge is 2.15. The zero-order chi connectivity index (χ0) is 12.1. The van der Waals surface area contributed by atoms with E-state index in [4.69, 9.17) is 11.6 Å². The van der Waals surface area contributed by atoms with Gasteiger partial charge in [0.15, 0.2) is 0 Å². The van der Waals surface area contributed by atoms with E-state index in [-0.39, 0.29) is 5.91 Å². The molecule has 0 unspecified atom stereocenters. The summed E-state index contributed by atoms with van der Waals surface area (Å²) in [4.78, 5) is 15.8. The van der Waals surface area contributed by atoms with E-state index < -0.39 is 0 Å². The fourth-order valence-electron chi connectivity index (χ4n) is 1.81. The highest BCUT2D eigenvalue weighted by Crippen LogP contribution is 2.21. The van der Waals surface area contributed by atoms with Gasteiger partial charge in [-0.15, -0.1) is 0 Å². The first-order chi connectivity index (χ1) is 8.25. The number of hydrogen-bond donors (Lipinski definition) is 1. The number of nitrogens with one attached hydrogen (secondary N) is 1. The van der Waals surface area contributed by atoms with Gasteiger partial charge in [0.25, 0.3) is 5.91 Å². The number of thioether (sulfide) groups is 1. The Morgan fingerprint density at radius 3 is 3.00 bits per heavy atom. The van der Waals surface area contributed by atoms with E-state index in [2.05, 4.69) is 10.3 Å². The summed E-state index contributed by atoms with van der Waals surface area (Å²) in [5.41, 5.74) is 0.391. The maximum Gasteiger partial charge on any atom is 0.269 e. The molecule has 92 valence electrons. The summed E-state index contributed by atoms with van der Waals surface area (Å²) >= 11 is 7.80. The van der Waals surface area contributed by atoms with Crippen molar-refractivity contribution in [2.45, 2.75) is 12.8 Å². The molecule has 0 atom stereocenters. The minimum atomic E-state index is -0.134. The van der Waals surface area contributed by atoms with Gasteiger partial charge in [-0.25, -0.2) is 0 Å². The fraction of sp³-hybridized carbons (Fsp3) is 0.500. The summed E-state index contributed by atoms with van der Waals surface area (Å²) in [6.07, 6.45) is 3.93. The van der Waals surface area contributed by atoms with E-state index >= 15 is 0 Å². The van der Waals surface area contributed by atoms with Crippen molar-refractivity contribution in [2.75, 3.05) is 18.1 Å². The summed E-state index contributed by atoms with van der Waals surface area (Å²) < 4.78 is 0. The summed E-state index contributed by atoms with van der Waals surface area (Å²) in [6.45, 7) is 0.744. The zero-order valence-electron chi connectivity index (χ0n) is 9.49. The lowest BCUT2D eigenvalue weighted by atomic mass is 10.0. The van der Waals surface area contributed by atoms with Gasteiger partial charge in [-0.2, -0.15) is 11.8 Å². The molecule has 1 amide bonds. The van der Waals surface area contributed by atoms with Crippen LogP contribution in [0, 0.1) is 5.92 Å². The number of pyridine rings is 1. The van der Waals surface area contributed by atoms with Gasteiger partial charge >= 0.3 is 0 Å². The SMILES string of the molecule is O=C(NCC1CCSCC1)c1cc(Cl)ccn1. The van der Waals surface area contributed by atoms with Crippen LogP contribution >= 0.6 is 23.4 Å². The van der Waals surface area contributed by atoms with Crippen LogP contribution in [0.1, 0.15) is 23.3 Å². The van der Waals surface area contributed by atoms with Gasteiger partial charge in [0, 0.05) is 17.8 Å². The lowest BCUT2D eigenvalue weighted by molar-refractivity contribution is 0.0941. The van der Waals surface area contributed by atoms with Crippen molar-refractivity contribution in [3.63, 3.8) is 0 Å². The number of rotatable bonds is 3. The van der Waals surface area contributed by atoms with Crippen molar-refractivity contribution >= 4 is 29.3 Å². The van der Waals surface area contributed by atoms with E-state index in [0.29, 0.717) is 16.6 Å². The fourth-order valence-corrected chi connectivity index (χ4v) is 3.17. The molecule has 1 aromatic heterocycles. The number of amides is 1. The molecule has 1 saturated heterocycles. The molecule has 0 spiro atoms. The molecule has 1 fully saturated rings. The molecule has 1 aromatic rings. The average Bonchev–Trinajstić information content (AvgIpc) is 2.37. The van der Waals surface area contributed by atoms with Gasteiger partial charge in [0.2, 0.25) is 0 Å². The number of aromatic nitrogens is 1. The van der Waals surface area contributed by atoms with Crippen LogP contribution in [0.25, 0.3) is 0 Å². The average molecular weight is 271 g/mol. The molecular weight excluding hydrogens is 256 g/mol. The van der Waals surface area contributed by atoms with Crippen molar-refractivity contribution < 1.29 is 4.79 Å². The van der Waals surface area contributed by atoms with Crippen molar-refractivity contribution in [3.8, 4) is 0 Å². The van der Waals surface area contributed by atoms with Crippen LogP contribution in [-0.4, -0.2) is 28.9 Å². The molecule has 1 N–H and O–H groups in total. The van der Waals surface area contributed by atoms with Crippen molar-refractivity contribution in [2.24, 2.45) is 5.92 Å². The first-order valence-corrected chi connectivity index (χ1v) is 7.26. The van der Waals surface area contributed by atoms with Gasteiger partial charge in [0.05, 0.1) is 0 Å². The quantitative estimate of drug-likeness (QED) is 0.918. The van der Waals surface area contributed by atoms with Crippen LogP contribution in [0.3, 0.4) is 0 Å². The molecule has 1 aliphatic heterocycles. The van der Waals surface area contributed by atoms with Crippen LogP contribution in [0.15, 0.2) is 18.3 Å². The second kappa shape index (κ2) is 6.26. The van der Waals surface area contributed by atoms with Crippen LogP contribution in [-0.2, 0) is 0 Å². The second-order valence-electron chi connectivity index (χ2n) is 4.13. The summed E-state index contributed by atoms with van der Waals surface area (Å²) in [7, 11) is 0. The molecule has 0 radical (unpaired) electrons. The molecule has 2 heterocycles. The van der Waals surface area contributed by atoms with Gasteiger partial charge in [-0.05, 0) is 42.4 Å². The lowest BCUT2D eigenvalue weighted by Gasteiger charge is -2.21. The van der Waals surface area contributed by atoms with Gasteiger partial charge in [-0.1, -0.05) is 11.6 Å². The molecule has 0 aliphatic carbocycles. The Kier molecular flexibility index (Phi) is 4.68. The lowest BCUT2D eigenvalue weighted by Crippen LogP contribution is -2.31. The standard InChI is InChI=1S/C12H15ClN2OS/c13-10-1-4-14-11(7-10)12(16)15-8-9-2-5-17-6-3-9/h1,4,7,9H,2-3,5-6,8H2,(H,15,16). The van der Waals surface area contributed by atoms with Gasteiger partial charge in [-0.3, -0.25) is 9.78 Å². The number of carbonyl (C=O) groups excluding carboxylic acids is 1. The summed E-state index contributed by atoms with van der Waals surface area (Å²) in [6, 6.07) is 3.25. The molecule has 1 aliphatic rings. The third kappa shape index (κ3) is 3.89. The largest absolute Gasteiger partial charge is 0.350 e. The second-order valence-corrected chi connectivity index (χ2v) is 5.79. The van der Waals surface area contributed by atoms with Crippen LogP contribution in [0.2, 0.25) is 5.02 Å². The van der Waals surface area contributed by atoms with E-state index in [1.165, 1.54) is 24.3 Å². The maximum atomic E-state index is 11.8. The Hall–Kier alpha value is -0.740. The van der Waals surface area contributed by atoms with Gasteiger partial charge in [0.1, 0.15) is 5.69 Å². The molecule has 3 nitrogen and oxygen atoms in total. The van der Waals surface area contributed by atoms with E-state index in [0.717, 1.165) is 6.54 Å². The first kappa shape index (κ1) is 12.7. The Labute approximate surface area is 110 Å². The van der Waals surface area contributed by atoms with Crippen molar-refractivity contribution in [3.05, 3.63) is 29.0 Å². The first-order valence-electron chi connectivity index (χ1n) is 5.73. The minimum Gasteiger partial charge on any atom is -0.350 e. The van der Waals surface area contributed by atoms with Crippen molar-refractivity contribution in [1.82, 2.24) is 10.3 Å². The number of hydrogen-bond acceptors (Lipinski definition) is 3. The van der Waals surface area contributed by atoms with Crippen LogP contribution < -0.4 is 5.32 Å². The monoisotopic (exact) mass is 270 g/mol. The topological polar surface area (TPSA) is 42.0 Å². The third-order valence-corrected chi connectivity index (χ3v) is 4.13. The van der Waals surface area contributed by atoms with Gasteiger partial charge < -0.3 is 5.32 Å². The van der Waals surface area contributed by atoms with Crippen molar-refractivity contribution in [1.29, 1.82) is 0 Å². The number of carbonyl (C=O) groups is 1. The highest BCUT2D eigenvalue weighted by atomic mass is 35.5. The third-order valence-electron chi connectivity index (χ3n) is 2.85. The van der Waals surface area contributed by atoms with E-state index in [9.17, 15) is 4.79 Å². The minimum absolute atomic E-state index is 0.134. The van der Waals surface area contributed by atoms with Crippen LogP contribution in [0.5, 0.6) is 0 Å². The number of nitrogens with zero attached hydrogens (tertiary/aromatic N) is 1. The Morgan fingerprint density at radius 1 is 1.53 bits per heavy atom. The number of halogens is 1. The predicted molar refractivity (Wildman–Crippen MR) is 71.6 cm³/mol. The molecular formula is C12H15ClN2OS. The Balaban J connectivity index is 1.84. The highest BCUT2D eigenvalue weighted by molar-refractivity contribution is 7.99. The molecule has 17 heavy (non-hydrogen) atoms. The molecule has 5 heteroatoms. The van der Waals surface area contributed by atoms with E-state index in [1.807, 2.05) is 11.8 Å². The van der Waals surface area contributed by atoms with E-state index in [1.54, 1.807) is 18.3 Å². The molecule has 0 bridgehead atoms. The molecule has 0 saturated carbocycles. The molecule has 2 rings (SSSR count).